The molecule has 0 saturated heterocycles. The molecule has 3 nitrogen and oxygen atoms in total. The largest absolute Gasteiger partial charge is 0.462 e. The summed E-state index contributed by atoms with van der Waals surface area (Å²) in [5, 5.41) is 3.67. The van der Waals surface area contributed by atoms with Crippen molar-refractivity contribution in [2.24, 2.45) is 5.92 Å². The zero-order valence-corrected chi connectivity index (χ0v) is 17.9. The first-order valence-corrected chi connectivity index (χ1v) is 10.9. The zero-order valence-electron chi connectivity index (χ0n) is 17.9. The molecular weight excluding hydrogens is 310 g/mol. The third-order valence-electron chi connectivity index (χ3n) is 4.59. The van der Waals surface area contributed by atoms with Crippen molar-refractivity contribution in [1.82, 2.24) is 5.32 Å². The van der Waals surface area contributed by atoms with Crippen LogP contribution in [0.5, 0.6) is 0 Å². The minimum Gasteiger partial charge on any atom is -0.462 e. The first-order chi connectivity index (χ1) is 11.9. The Bertz CT molecular complexity index is 315. The van der Waals surface area contributed by atoms with E-state index in [0.29, 0.717) is 12.0 Å². The minimum atomic E-state index is -0.162. The first kappa shape index (κ1) is 24.4. The Morgan fingerprint density at radius 1 is 0.840 bits per heavy atom. The standard InChI is InChI=1S/C22H45NO2/c1-7-9-11-12-14-16-20(15-13-10-8-2)23-21(17-18(3)4)22(24)25-19(5)6/h18-21,23H,7-17H2,1-6H3. The fourth-order valence-electron chi connectivity index (χ4n) is 3.25. The number of hydrogen-bond acceptors (Lipinski definition) is 3. The van der Waals surface area contributed by atoms with Crippen LogP contribution < -0.4 is 5.32 Å². The van der Waals surface area contributed by atoms with Gasteiger partial charge >= 0.3 is 5.97 Å². The van der Waals surface area contributed by atoms with Crippen LogP contribution in [0.4, 0.5) is 0 Å². The molecule has 0 aliphatic heterocycles. The highest BCUT2D eigenvalue weighted by atomic mass is 16.5. The Balaban J connectivity index is 4.63. The molecular formula is C22H45NO2. The smallest absolute Gasteiger partial charge is 0.323 e. The second-order valence-electron chi connectivity index (χ2n) is 8.23. The van der Waals surface area contributed by atoms with E-state index in [0.717, 1.165) is 6.42 Å². The highest BCUT2D eigenvalue weighted by Gasteiger charge is 2.24. The number of rotatable bonds is 16. The Hall–Kier alpha value is -0.570. The third kappa shape index (κ3) is 14.3. The van der Waals surface area contributed by atoms with Crippen molar-refractivity contribution in [2.45, 2.75) is 130 Å². The van der Waals surface area contributed by atoms with Gasteiger partial charge in [0.25, 0.3) is 0 Å². The van der Waals surface area contributed by atoms with Crippen LogP contribution in [0.25, 0.3) is 0 Å². The van der Waals surface area contributed by atoms with Gasteiger partial charge in [0.2, 0.25) is 0 Å². The van der Waals surface area contributed by atoms with Crippen LogP contribution in [-0.4, -0.2) is 24.2 Å². The van der Waals surface area contributed by atoms with Crippen molar-refractivity contribution in [3.8, 4) is 0 Å². The zero-order chi connectivity index (χ0) is 19.1. The molecule has 0 heterocycles. The normalized spacial score (nSPS) is 14.1. The molecule has 0 rings (SSSR count). The number of esters is 1. The molecule has 2 unspecified atom stereocenters. The lowest BCUT2D eigenvalue weighted by molar-refractivity contribution is -0.150. The molecule has 0 aromatic carbocycles. The summed E-state index contributed by atoms with van der Waals surface area (Å²) < 4.78 is 5.50. The molecule has 0 fully saturated rings. The van der Waals surface area contributed by atoms with Gasteiger partial charge in [-0.05, 0) is 39.0 Å². The maximum absolute atomic E-state index is 12.5. The summed E-state index contributed by atoms with van der Waals surface area (Å²) in [7, 11) is 0. The summed E-state index contributed by atoms with van der Waals surface area (Å²) in [4.78, 5) is 12.5. The van der Waals surface area contributed by atoms with E-state index in [4.69, 9.17) is 4.74 Å². The fraction of sp³-hybridized carbons (Fsp3) is 0.955. The molecule has 3 heteroatoms. The van der Waals surface area contributed by atoms with Crippen LogP contribution in [0.1, 0.15) is 112 Å². The van der Waals surface area contributed by atoms with Crippen molar-refractivity contribution in [2.75, 3.05) is 0 Å². The first-order valence-electron chi connectivity index (χ1n) is 10.9. The molecule has 0 aromatic heterocycles. The maximum atomic E-state index is 12.5. The molecule has 0 aliphatic carbocycles. The van der Waals surface area contributed by atoms with E-state index >= 15 is 0 Å². The monoisotopic (exact) mass is 355 g/mol. The van der Waals surface area contributed by atoms with Crippen molar-refractivity contribution in [3.63, 3.8) is 0 Å². The summed E-state index contributed by atoms with van der Waals surface area (Å²) in [6, 6.07) is 0.279. The molecule has 0 bridgehead atoms. The number of carbonyl (C=O) groups is 1. The summed E-state index contributed by atoms with van der Waals surface area (Å²) in [5.41, 5.74) is 0. The summed E-state index contributed by atoms with van der Waals surface area (Å²) in [6.45, 7) is 12.7. The van der Waals surface area contributed by atoms with Crippen LogP contribution in [0.3, 0.4) is 0 Å². The topological polar surface area (TPSA) is 38.3 Å². The molecule has 0 aromatic rings. The van der Waals surface area contributed by atoms with Crippen LogP contribution in [0, 0.1) is 5.92 Å². The number of ether oxygens (including phenoxy) is 1. The summed E-state index contributed by atoms with van der Waals surface area (Å²) in [5.74, 6) is 0.410. The molecule has 150 valence electrons. The number of hydrogen-bond donors (Lipinski definition) is 1. The average molecular weight is 356 g/mol. The van der Waals surface area contributed by atoms with E-state index in [1.54, 1.807) is 0 Å². The molecule has 0 aliphatic rings. The van der Waals surface area contributed by atoms with Gasteiger partial charge in [-0.2, -0.15) is 0 Å². The molecule has 25 heavy (non-hydrogen) atoms. The average Bonchev–Trinajstić information content (AvgIpc) is 2.52. The summed E-state index contributed by atoms with van der Waals surface area (Å²) in [6.07, 6.45) is 13.5. The van der Waals surface area contributed by atoms with E-state index in [-0.39, 0.29) is 18.1 Å². The van der Waals surface area contributed by atoms with Gasteiger partial charge < -0.3 is 10.1 Å². The van der Waals surface area contributed by atoms with Crippen LogP contribution in [-0.2, 0) is 9.53 Å². The van der Waals surface area contributed by atoms with Crippen LogP contribution >= 0.6 is 0 Å². The summed E-state index contributed by atoms with van der Waals surface area (Å²) >= 11 is 0. The molecule has 2 atom stereocenters. The van der Waals surface area contributed by atoms with Gasteiger partial charge in [0.1, 0.15) is 6.04 Å². The lowest BCUT2D eigenvalue weighted by atomic mass is 9.97. The van der Waals surface area contributed by atoms with E-state index in [1.165, 1.54) is 64.2 Å². The third-order valence-corrected chi connectivity index (χ3v) is 4.59. The van der Waals surface area contributed by atoms with E-state index < -0.39 is 0 Å². The molecule has 0 radical (unpaired) electrons. The van der Waals surface area contributed by atoms with E-state index in [2.05, 4.69) is 33.0 Å². The highest BCUT2D eigenvalue weighted by molar-refractivity contribution is 5.76. The second-order valence-corrected chi connectivity index (χ2v) is 8.23. The second kappa shape index (κ2) is 15.7. The highest BCUT2D eigenvalue weighted by Crippen LogP contribution is 2.16. The minimum absolute atomic E-state index is 0.0449. The Labute approximate surface area is 157 Å². The van der Waals surface area contributed by atoms with Crippen molar-refractivity contribution < 1.29 is 9.53 Å². The number of nitrogens with one attached hydrogen (secondary N) is 1. The van der Waals surface area contributed by atoms with Gasteiger partial charge in [-0.15, -0.1) is 0 Å². The molecule has 0 spiro atoms. The SMILES string of the molecule is CCCCCCCC(CCCCC)NC(CC(C)C)C(=O)OC(C)C. The van der Waals surface area contributed by atoms with Crippen molar-refractivity contribution in [3.05, 3.63) is 0 Å². The van der Waals surface area contributed by atoms with Crippen LogP contribution in [0.15, 0.2) is 0 Å². The lowest BCUT2D eigenvalue weighted by Crippen LogP contribution is -2.45. The lowest BCUT2D eigenvalue weighted by Gasteiger charge is -2.27. The Morgan fingerprint density at radius 2 is 1.36 bits per heavy atom. The van der Waals surface area contributed by atoms with Gasteiger partial charge in [0.05, 0.1) is 6.10 Å². The predicted octanol–water partition coefficient (Wildman–Crippen LogP) is 6.25. The van der Waals surface area contributed by atoms with E-state index in [1.807, 2.05) is 13.8 Å². The Kier molecular flexibility index (Phi) is 15.3. The van der Waals surface area contributed by atoms with Gasteiger partial charge in [0.15, 0.2) is 0 Å². The predicted molar refractivity (Wildman–Crippen MR) is 109 cm³/mol. The van der Waals surface area contributed by atoms with Crippen molar-refractivity contribution >= 4 is 5.97 Å². The molecule has 0 amide bonds. The van der Waals surface area contributed by atoms with Gasteiger partial charge in [-0.25, -0.2) is 0 Å². The maximum Gasteiger partial charge on any atom is 0.323 e. The quantitative estimate of drug-likeness (QED) is 0.262. The number of unbranched alkanes of at least 4 members (excludes halogenated alkanes) is 6. The van der Waals surface area contributed by atoms with Gasteiger partial charge in [-0.1, -0.05) is 79.1 Å². The molecule has 0 saturated carbocycles. The van der Waals surface area contributed by atoms with Gasteiger partial charge in [-0.3, -0.25) is 4.79 Å². The van der Waals surface area contributed by atoms with Crippen LogP contribution in [0.2, 0.25) is 0 Å². The molecule has 1 N–H and O–H groups in total. The van der Waals surface area contributed by atoms with Gasteiger partial charge in [0, 0.05) is 6.04 Å². The van der Waals surface area contributed by atoms with Crippen molar-refractivity contribution in [1.29, 1.82) is 0 Å². The Morgan fingerprint density at radius 3 is 1.88 bits per heavy atom. The van der Waals surface area contributed by atoms with E-state index in [9.17, 15) is 4.79 Å². The number of carbonyl (C=O) groups excluding carboxylic acids is 1. The fourth-order valence-corrected chi connectivity index (χ4v) is 3.25.